The summed E-state index contributed by atoms with van der Waals surface area (Å²) < 4.78 is 32.3. The number of aromatic hydroxyl groups is 1. The van der Waals surface area contributed by atoms with E-state index in [0.29, 0.717) is 10.4 Å². The third-order valence-electron chi connectivity index (χ3n) is 3.13. The molecule has 2 N–H and O–H groups in total. The van der Waals surface area contributed by atoms with Crippen LogP contribution >= 0.6 is 27.5 Å². The largest absolute Gasteiger partial charge is 0.506 e. The van der Waals surface area contributed by atoms with Gasteiger partial charge in [-0.15, -0.1) is 0 Å². The highest BCUT2D eigenvalue weighted by Gasteiger charge is 2.34. The molecule has 0 heterocycles. The lowest BCUT2D eigenvalue weighted by atomic mass is 10.3. The maximum atomic E-state index is 12.1. The van der Waals surface area contributed by atoms with Gasteiger partial charge < -0.3 is 9.84 Å². The van der Waals surface area contributed by atoms with Crippen LogP contribution in [-0.4, -0.2) is 32.5 Å². The third kappa shape index (κ3) is 4.00. The summed E-state index contributed by atoms with van der Waals surface area (Å²) >= 11 is 9.10. The Hall–Kier alpha value is -0.500. The zero-order valence-corrected chi connectivity index (χ0v) is 13.9. The summed E-state index contributed by atoms with van der Waals surface area (Å²) in [6.45, 7) is 0. The Balaban J connectivity index is 2.15. The van der Waals surface area contributed by atoms with E-state index < -0.39 is 10.0 Å². The van der Waals surface area contributed by atoms with Crippen molar-refractivity contribution in [2.45, 2.75) is 18.9 Å². The van der Waals surface area contributed by atoms with Gasteiger partial charge in [-0.3, -0.25) is 4.72 Å². The highest BCUT2D eigenvalue weighted by Crippen LogP contribution is 2.37. The van der Waals surface area contributed by atoms with E-state index in [1.165, 1.54) is 19.2 Å². The van der Waals surface area contributed by atoms with Crippen LogP contribution in [0, 0.1) is 5.92 Å². The monoisotopic (exact) mass is 383 g/mol. The Bertz CT molecular complexity index is 580. The fraction of sp³-hybridized carbons (Fsp3) is 0.500. The summed E-state index contributed by atoms with van der Waals surface area (Å²) in [4.78, 5) is 0. The first-order valence-corrected chi connectivity index (χ1v) is 8.86. The standard InChI is InChI=1S/C12H15BrClNO4S/c1-19-11(7-2-3-7)6-20(17,18)15-12-9(14)4-8(13)5-10(12)16/h4-5,7,11,15-16H,2-3,6H2,1H3/t11-/m0/s1. The van der Waals surface area contributed by atoms with Gasteiger partial charge in [-0.25, -0.2) is 8.42 Å². The number of methoxy groups -OCH3 is 1. The van der Waals surface area contributed by atoms with E-state index >= 15 is 0 Å². The van der Waals surface area contributed by atoms with E-state index in [9.17, 15) is 13.5 Å². The van der Waals surface area contributed by atoms with E-state index in [1.54, 1.807) is 0 Å². The van der Waals surface area contributed by atoms with E-state index in [1.807, 2.05) is 0 Å². The number of phenolic OH excluding ortho intramolecular Hbond substituents is 1. The molecule has 0 radical (unpaired) electrons. The maximum Gasteiger partial charge on any atom is 0.235 e. The molecule has 0 aromatic heterocycles. The lowest BCUT2D eigenvalue weighted by Gasteiger charge is -2.17. The Morgan fingerprint density at radius 2 is 2.20 bits per heavy atom. The summed E-state index contributed by atoms with van der Waals surface area (Å²) in [5, 5.41) is 9.90. The first-order valence-electron chi connectivity index (χ1n) is 6.03. The second-order valence-corrected chi connectivity index (χ2v) is 7.87. The molecule has 1 fully saturated rings. The van der Waals surface area contributed by atoms with Crippen molar-refractivity contribution in [2.75, 3.05) is 17.6 Å². The smallest absolute Gasteiger partial charge is 0.235 e. The van der Waals surface area contributed by atoms with Crippen LogP contribution in [0.1, 0.15) is 12.8 Å². The Morgan fingerprint density at radius 3 is 2.70 bits per heavy atom. The van der Waals surface area contributed by atoms with Crippen molar-refractivity contribution in [3.05, 3.63) is 21.6 Å². The van der Waals surface area contributed by atoms with Crippen LogP contribution in [0.3, 0.4) is 0 Å². The van der Waals surface area contributed by atoms with Gasteiger partial charge in [0.25, 0.3) is 0 Å². The molecule has 1 atom stereocenters. The van der Waals surface area contributed by atoms with Crippen LogP contribution < -0.4 is 4.72 Å². The van der Waals surface area contributed by atoms with Crippen molar-refractivity contribution in [3.63, 3.8) is 0 Å². The molecule has 20 heavy (non-hydrogen) atoms. The van der Waals surface area contributed by atoms with Crippen molar-refractivity contribution < 1.29 is 18.3 Å². The zero-order valence-electron chi connectivity index (χ0n) is 10.8. The van der Waals surface area contributed by atoms with Crippen molar-refractivity contribution in [3.8, 4) is 5.75 Å². The molecule has 5 nitrogen and oxygen atoms in total. The lowest BCUT2D eigenvalue weighted by Crippen LogP contribution is -2.29. The number of rotatable bonds is 6. The van der Waals surface area contributed by atoms with Gasteiger partial charge in [-0.1, -0.05) is 27.5 Å². The predicted molar refractivity (Wildman–Crippen MR) is 81.7 cm³/mol. The van der Waals surface area contributed by atoms with Crippen LogP contribution in [0.25, 0.3) is 0 Å². The zero-order chi connectivity index (χ0) is 14.9. The van der Waals surface area contributed by atoms with Crippen LogP contribution in [0.4, 0.5) is 5.69 Å². The minimum atomic E-state index is -3.64. The van der Waals surface area contributed by atoms with Crippen molar-refractivity contribution in [1.82, 2.24) is 0 Å². The molecule has 8 heteroatoms. The molecule has 1 aromatic carbocycles. The van der Waals surface area contributed by atoms with Crippen molar-refractivity contribution in [1.29, 1.82) is 0 Å². The molecule has 1 aromatic rings. The molecule has 0 unspecified atom stereocenters. The van der Waals surface area contributed by atoms with E-state index in [0.717, 1.165) is 12.8 Å². The molecular weight excluding hydrogens is 370 g/mol. The van der Waals surface area contributed by atoms with E-state index in [-0.39, 0.29) is 28.3 Å². The third-order valence-corrected chi connectivity index (χ3v) is 5.16. The SMILES string of the molecule is CO[C@@H](CS(=O)(=O)Nc1c(O)cc(Br)cc1Cl)C1CC1. The number of hydrogen-bond acceptors (Lipinski definition) is 4. The molecule has 0 saturated heterocycles. The number of benzene rings is 1. The first kappa shape index (κ1) is 15.9. The fourth-order valence-electron chi connectivity index (χ4n) is 1.94. The molecule has 1 aliphatic rings. The van der Waals surface area contributed by atoms with E-state index in [4.69, 9.17) is 16.3 Å². The number of phenols is 1. The Labute approximate surface area is 131 Å². The molecule has 2 rings (SSSR count). The number of hydrogen-bond donors (Lipinski definition) is 2. The summed E-state index contributed by atoms with van der Waals surface area (Å²) in [6.07, 6.45) is 1.64. The van der Waals surface area contributed by atoms with Crippen LogP contribution in [-0.2, 0) is 14.8 Å². The topological polar surface area (TPSA) is 75.6 Å². The van der Waals surface area contributed by atoms with Crippen LogP contribution in [0.15, 0.2) is 16.6 Å². The fourth-order valence-corrected chi connectivity index (χ4v) is 4.28. The van der Waals surface area contributed by atoms with Gasteiger partial charge in [0.2, 0.25) is 10.0 Å². The van der Waals surface area contributed by atoms with Crippen molar-refractivity contribution in [2.24, 2.45) is 5.92 Å². The van der Waals surface area contributed by atoms with E-state index in [2.05, 4.69) is 20.7 Å². The first-order chi connectivity index (χ1) is 9.32. The molecule has 0 aliphatic heterocycles. The summed E-state index contributed by atoms with van der Waals surface area (Å²) in [7, 11) is -2.14. The van der Waals surface area contributed by atoms with Gasteiger partial charge in [0.15, 0.2) is 0 Å². The molecule has 112 valence electrons. The number of halogens is 2. The number of sulfonamides is 1. The Morgan fingerprint density at radius 1 is 1.55 bits per heavy atom. The van der Waals surface area contributed by atoms with Crippen molar-refractivity contribution >= 4 is 43.2 Å². The molecule has 0 spiro atoms. The van der Waals surface area contributed by atoms with Crippen LogP contribution in [0.5, 0.6) is 5.75 Å². The molecular formula is C12H15BrClNO4S. The highest BCUT2D eigenvalue weighted by atomic mass is 79.9. The molecule has 0 amide bonds. The lowest BCUT2D eigenvalue weighted by molar-refractivity contribution is 0.103. The average molecular weight is 385 g/mol. The van der Waals surface area contributed by atoms with Gasteiger partial charge in [-0.05, 0) is 30.9 Å². The van der Waals surface area contributed by atoms with Crippen LogP contribution in [0.2, 0.25) is 5.02 Å². The van der Waals surface area contributed by atoms with Gasteiger partial charge in [0.1, 0.15) is 11.4 Å². The van der Waals surface area contributed by atoms with Gasteiger partial charge >= 0.3 is 0 Å². The van der Waals surface area contributed by atoms with Gasteiger partial charge in [-0.2, -0.15) is 0 Å². The van der Waals surface area contributed by atoms with Gasteiger partial charge in [0.05, 0.1) is 16.9 Å². The Kier molecular flexibility index (Phi) is 4.84. The number of anilines is 1. The highest BCUT2D eigenvalue weighted by molar-refractivity contribution is 9.10. The second kappa shape index (κ2) is 6.09. The molecule has 1 saturated carbocycles. The number of ether oxygens (including phenoxy) is 1. The number of nitrogens with one attached hydrogen (secondary N) is 1. The average Bonchev–Trinajstić information content (AvgIpc) is 3.15. The minimum absolute atomic E-state index is 0.0134. The van der Waals surface area contributed by atoms with Gasteiger partial charge in [0, 0.05) is 11.6 Å². The normalized spacial score (nSPS) is 16.9. The predicted octanol–water partition coefficient (Wildman–Crippen LogP) is 2.97. The summed E-state index contributed by atoms with van der Waals surface area (Å²) in [5.41, 5.74) is -0.0134. The molecule has 0 bridgehead atoms. The summed E-state index contributed by atoms with van der Waals surface area (Å²) in [6, 6.07) is 2.88. The second-order valence-electron chi connectivity index (χ2n) is 4.78. The summed E-state index contributed by atoms with van der Waals surface area (Å²) in [5.74, 6) is -0.0844. The maximum absolute atomic E-state index is 12.1. The quantitative estimate of drug-likeness (QED) is 0.739. The molecule has 1 aliphatic carbocycles. The minimum Gasteiger partial charge on any atom is -0.506 e.